The first-order valence-corrected chi connectivity index (χ1v) is 6.58. The van der Waals surface area contributed by atoms with E-state index in [1.54, 1.807) is 0 Å². The van der Waals surface area contributed by atoms with Crippen LogP contribution in [0, 0.1) is 0 Å². The van der Waals surface area contributed by atoms with Gasteiger partial charge < -0.3 is 10.6 Å². The van der Waals surface area contributed by atoms with Crippen LogP contribution in [0.2, 0.25) is 0 Å². The van der Waals surface area contributed by atoms with Crippen LogP contribution in [0.15, 0.2) is 54.8 Å². The molecule has 0 bridgehead atoms. The summed E-state index contributed by atoms with van der Waals surface area (Å²) in [5.74, 6) is 0. The Hall–Kier alpha value is -1.54. The molecule has 0 aliphatic rings. The van der Waals surface area contributed by atoms with Gasteiger partial charge in [0.05, 0.1) is 0 Å². The summed E-state index contributed by atoms with van der Waals surface area (Å²) in [7, 11) is 0. The fourth-order valence-electron chi connectivity index (χ4n) is 1.63. The Morgan fingerprint density at radius 2 is 1.89 bits per heavy atom. The van der Waals surface area contributed by atoms with Crippen molar-refractivity contribution in [3.8, 4) is 0 Å². The number of hydrogen-bond acceptors (Lipinski definition) is 2. The minimum atomic E-state index is 0.947. The maximum absolute atomic E-state index is 3.79. The second-order valence-electron chi connectivity index (χ2n) is 4.41. The lowest BCUT2D eigenvalue weighted by atomic mass is 10.1. The minimum Gasteiger partial charge on any atom is -0.388 e. The van der Waals surface area contributed by atoms with E-state index in [-0.39, 0.29) is 0 Å². The monoisotopic (exact) mass is 244 g/mol. The van der Waals surface area contributed by atoms with Crippen LogP contribution < -0.4 is 10.6 Å². The van der Waals surface area contributed by atoms with Crippen molar-refractivity contribution in [1.29, 1.82) is 0 Å². The van der Waals surface area contributed by atoms with E-state index in [0.717, 1.165) is 38.2 Å². The van der Waals surface area contributed by atoms with Crippen molar-refractivity contribution >= 4 is 0 Å². The van der Waals surface area contributed by atoms with Crippen molar-refractivity contribution < 1.29 is 0 Å². The number of nitrogens with one attached hydrogen (secondary N) is 2. The zero-order valence-electron chi connectivity index (χ0n) is 11.3. The zero-order chi connectivity index (χ0) is 13.1. The summed E-state index contributed by atoms with van der Waals surface area (Å²) in [6, 6.07) is 10.5. The third kappa shape index (κ3) is 7.69. The molecule has 0 heterocycles. The number of benzene rings is 1. The van der Waals surface area contributed by atoms with Gasteiger partial charge in [0, 0.05) is 18.8 Å². The Morgan fingerprint density at radius 1 is 1.11 bits per heavy atom. The molecule has 0 aromatic heterocycles. The molecule has 0 amide bonds. The van der Waals surface area contributed by atoms with Crippen LogP contribution in [-0.4, -0.2) is 19.6 Å². The fraction of sp³-hybridized carbons (Fsp3) is 0.375. The first-order chi connectivity index (χ1) is 8.79. The largest absolute Gasteiger partial charge is 0.388 e. The van der Waals surface area contributed by atoms with E-state index in [4.69, 9.17) is 0 Å². The van der Waals surface area contributed by atoms with Crippen molar-refractivity contribution in [3.05, 3.63) is 60.3 Å². The van der Waals surface area contributed by atoms with Gasteiger partial charge in [-0.25, -0.2) is 0 Å². The van der Waals surface area contributed by atoms with Crippen molar-refractivity contribution in [2.45, 2.75) is 19.8 Å². The third-order valence-corrected chi connectivity index (χ3v) is 2.58. The molecule has 1 aromatic carbocycles. The Morgan fingerprint density at radius 3 is 2.61 bits per heavy atom. The van der Waals surface area contributed by atoms with Gasteiger partial charge in [0.2, 0.25) is 0 Å². The first kappa shape index (κ1) is 14.5. The first-order valence-electron chi connectivity index (χ1n) is 6.58. The third-order valence-electron chi connectivity index (χ3n) is 2.58. The summed E-state index contributed by atoms with van der Waals surface area (Å²) in [6.45, 7) is 8.73. The standard InChI is InChI=1S/C16H24N2/c1-15(2)18-14-13-17-12-8-4-7-11-16-9-5-3-6-10-16/h3-7,9-10,17-18H,1,8,11-14H2,2H3/b7-4-. The Balaban J connectivity index is 1.96. The van der Waals surface area contributed by atoms with Crippen molar-refractivity contribution in [3.63, 3.8) is 0 Å². The summed E-state index contributed by atoms with van der Waals surface area (Å²) in [4.78, 5) is 0. The van der Waals surface area contributed by atoms with Gasteiger partial charge in [-0.15, -0.1) is 0 Å². The molecule has 0 atom stereocenters. The van der Waals surface area contributed by atoms with E-state index in [9.17, 15) is 0 Å². The maximum atomic E-state index is 3.79. The van der Waals surface area contributed by atoms with Gasteiger partial charge in [-0.1, -0.05) is 49.1 Å². The average Bonchev–Trinajstić information content (AvgIpc) is 2.37. The molecule has 98 valence electrons. The zero-order valence-corrected chi connectivity index (χ0v) is 11.3. The lowest BCUT2D eigenvalue weighted by Crippen LogP contribution is -2.26. The van der Waals surface area contributed by atoms with Crippen molar-refractivity contribution in [1.82, 2.24) is 10.6 Å². The van der Waals surface area contributed by atoms with Gasteiger partial charge in [0.1, 0.15) is 0 Å². The molecule has 2 N–H and O–H groups in total. The van der Waals surface area contributed by atoms with Gasteiger partial charge in [-0.05, 0) is 31.9 Å². The van der Waals surface area contributed by atoms with Crippen molar-refractivity contribution in [2.75, 3.05) is 19.6 Å². The highest BCUT2D eigenvalue weighted by Gasteiger charge is 1.87. The van der Waals surface area contributed by atoms with Gasteiger partial charge >= 0.3 is 0 Å². The molecule has 1 rings (SSSR count). The summed E-state index contributed by atoms with van der Waals surface area (Å²) in [5, 5.41) is 6.58. The molecule has 0 unspecified atom stereocenters. The molecule has 2 nitrogen and oxygen atoms in total. The molecule has 0 saturated carbocycles. The summed E-state index contributed by atoms with van der Waals surface area (Å²) < 4.78 is 0. The van der Waals surface area contributed by atoms with E-state index in [1.807, 2.05) is 6.92 Å². The van der Waals surface area contributed by atoms with Crippen LogP contribution in [0.3, 0.4) is 0 Å². The topological polar surface area (TPSA) is 24.1 Å². The fourth-order valence-corrected chi connectivity index (χ4v) is 1.63. The van der Waals surface area contributed by atoms with E-state index in [0.29, 0.717) is 0 Å². The molecule has 0 saturated heterocycles. The smallest absolute Gasteiger partial charge is 0.0269 e. The summed E-state index contributed by atoms with van der Waals surface area (Å²) in [6.07, 6.45) is 6.59. The molecule has 18 heavy (non-hydrogen) atoms. The Labute approximate surface area is 111 Å². The Kier molecular flexibility index (Phi) is 7.65. The number of allylic oxidation sites excluding steroid dienone is 2. The van der Waals surface area contributed by atoms with E-state index < -0.39 is 0 Å². The number of rotatable bonds is 9. The molecule has 0 aliphatic carbocycles. The molecular weight excluding hydrogens is 220 g/mol. The molecular formula is C16H24N2. The van der Waals surface area contributed by atoms with E-state index >= 15 is 0 Å². The highest BCUT2D eigenvalue weighted by atomic mass is 14.9. The quantitative estimate of drug-likeness (QED) is 0.515. The van der Waals surface area contributed by atoms with Crippen LogP contribution in [0.1, 0.15) is 18.9 Å². The molecule has 2 heteroatoms. The van der Waals surface area contributed by atoms with Crippen LogP contribution in [0.25, 0.3) is 0 Å². The van der Waals surface area contributed by atoms with Crippen LogP contribution >= 0.6 is 0 Å². The SMILES string of the molecule is C=C(C)NCCNCC/C=C\Cc1ccccc1. The maximum Gasteiger partial charge on any atom is 0.0269 e. The Bertz CT molecular complexity index is 355. The predicted octanol–water partition coefficient (Wildman–Crippen LogP) is 2.89. The second kappa shape index (κ2) is 9.49. The molecule has 0 spiro atoms. The normalized spacial score (nSPS) is 10.7. The molecule has 0 aliphatic heterocycles. The molecule has 0 fully saturated rings. The highest BCUT2D eigenvalue weighted by molar-refractivity contribution is 5.17. The minimum absolute atomic E-state index is 0.947. The van der Waals surface area contributed by atoms with Gasteiger partial charge in [-0.2, -0.15) is 0 Å². The second-order valence-corrected chi connectivity index (χ2v) is 4.41. The summed E-state index contributed by atoms with van der Waals surface area (Å²) >= 11 is 0. The van der Waals surface area contributed by atoms with Crippen LogP contribution in [0.5, 0.6) is 0 Å². The van der Waals surface area contributed by atoms with Gasteiger partial charge in [0.25, 0.3) is 0 Å². The van der Waals surface area contributed by atoms with Crippen LogP contribution in [0.4, 0.5) is 0 Å². The highest BCUT2D eigenvalue weighted by Crippen LogP contribution is 2.00. The summed E-state index contributed by atoms with van der Waals surface area (Å²) in [5.41, 5.74) is 2.40. The van der Waals surface area contributed by atoms with Gasteiger partial charge in [0.15, 0.2) is 0 Å². The number of hydrogen-bond donors (Lipinski definition) is 2. The van der Waals surface area contributed by atoms with Gasteiger partial charge in [-0.3, -0.25) is 0 Å². The van der Waals surface area contributed by atoms with E-state index in [2.05, 4.69) is 59.7 Å². The van der Waals surface area contributed by atoms with Crippen molar-refractivity contribution in [2.24, 2.45) is 0 Å². The van der Waals surface area contributed by atoms with E-state index in [1.165, 1.54) is 5.56 Å². The lowest BCUT2D eigenvalue weighted by molar-refractivity contribution is 0.655. The van der Waals surface area contributed by atoms with Crippen LogP contribution in [-0.2, 0) is 6.42 Å². The predicted molar refractivity (Wildman–Crippen MR) is 79.6 cm³/mol. The molecule has 1 aromatic rings. The molecule has 0 radical (unpaired) electrons. The lowest BCUT2D eigenvalue weighted by Gasteiger charge is -2.05. The average molecular weight is 244 g/mol.